The molecule has 3 amide bonds. The molecule has 1 saturated heterocycles. The number of imide groups is 1. The predicted octanol–water partition coefficient (Wildman–Crippen LogP) is 1.64. The van der Waals surface area contributed by atoms with Crippen LogP contribution in [0.25, 0.3) is 0 Å². The van der Waals surface area contributed by atoms with Crippen molar-refractivity contribution in [2.75, 3.05) is 13.2 Å². The van der Waals surface area contributed by atoms with Crippen molar-refractivity contribution in [2.45, 2.75) is 59.6 Å². The number of hydrogen-bond acceptors (Lipinski definition) is 7. The Balaban J connectivity index is 2.09. The highest BCUT2D eigenvalue weighted by atomic mass is 16.5. The Kier molecular flexibility index (Phi) is 6.69. The van der Waals surface area contributed by atoms with E-state index in [1.165, 1.54) is 6.92 Å². The number of nitrogens with one attached hydrogen (secondary N) is 2. The van der Waals surface area contributed by atoms with Crippen LogP contribution in [0.3, 0.4) is 0 Å². The molecule has 10 nitrogen and oxygen atoms in total. The van der Waals surface area contributed by atoms with Gasteiger partial charge in [0.25, 0.3) is 5.91 Å². The van der Waals surface area contributed by atoms with Crippen LogP contribution in [0.5, 0.6) is 0 Å². The Labute approximate surface area is 174 Å². The van der Waals surface area contributed by atoms with E-state index in [4.69, 9.17) is 9.47 Å². The Morgan fingerprint density at radius 3 is 2.33 bits per heavy atom. The van der Waals surface area contributed by atoms with Gasteiger partial charge in [-0.25, -0.2) is 9.59 Å². The van der Waals surface area contributed by atoms with Crippen molar-refractivity contribution in [3.05, 3.63) is 22.5 Å². The minimum Gasteiger partial charge on any atom is -0.462 e. The number of aryl methyl sites for hydroxylation is 1. The fraction of sp³-hybridized carbons (Fsp3) is 0.550. The van der Waals surface area contributed by atoms with Crippen LogP contribution < -0.4 is 5.32 Å². The van der Waals surface area contributed by atoms with Crippen molar-refractivity contribution in [3.8, 4) is 0 Å². The first-order valence-corrected chi connectivity index (χ1v) is 9.70. The maximum Gasteiger partial charge on any atom is 0.340 e. The number of H-pyrrole nitrogens is 1. The number of hydrogen-bond donors (Lipinski definition) is 2. The molecular formula is C20H27N3O7. The first-order valence-electron chi connectivity index (χ1n) is 9.70. The Bertz CT molecular complexity index is 904. The van der Waals surface area contributed by atoms with E-state index < -0.39 is 47.8 Å². The van der Waals surface area contributed by atoms with E-state index >= 15 is 0 Å². The molecule has 1 aliphatic rings. The maximum atomic E-state index is 12.7. The largest absolute Gasteiger partial charge is 0.462 e. The highest BCUT2D eigenvalue weighted by Gasteiger charge is 2.47. The lowest BCUT2D eigenvalue weighted by molar-refractivity contribution is -0.149. The van der Waals surface area contributed by atoms with Gasteiger partial charge >= 0.3 is 18.0 Å². The van der Waals surface area contributed by atoms with Crippen LogP contribution in [0.15, 0.2) is 0 Å². The second-order valence-corrected chi connectivity index (χ2v) is 7.35. The van der Waals surface area contributed by atoms with Crippen LogP contribution in [0.4, 0.5) is 4.79 Å². The van der Waals surface area contributed by atoms with E-state index in [-0.39, 0.29) is 17.9 Å². The van der Waals surface area contributed by atoms with E-state index in [0.29, 0.717) is 17.7 Å². The summed E-state index contributed by atoms with van der Waals surface area (Å²) >= 11 is 0. The van der Waals surface area contributed by atoms with Crippen molar-refractivity contribution in [1.29, 1.82) is 0 Å². The third kappa shape index (κ3) is 4.22. The summed E-state index contributed by atoms with van der Waals surface area (Å²) < 4.78 is 10.1. The quantitative estimate of drug-likeness (QED) is 0.370. The van der Waals surface area contributed by atoms with Gasteiger partial charge in [-0.05, 0) is 46.6 Å². The van der Waals surface area contributed by atoms with Gasteiger partial charge in [0.2, 0.25) is 5.78 Å². The lowest BCUT2D eigenvalue weighted by Gasteiger charge is -2.19. The molecule has 164 valence electrons. The summed E-state index contributed by atoms with van der Waals surface area (Å²) in [7, 11) is 0. The molecule has 0 bridgehead atoms. The zero-order valence-corrected chi connectivity index (χ0v) is 18.0. The average molecular weight is 421 g/mol. The van der Waals surface area contributed by atoms with Gasteiger partial charge in [0, 0.05) is 5.69 Å². The zero-order valence-electron chi connectivity index (χ0n) is 18.0. The smallest absolute Gasteiger partial charge is 0.340 e. The Hall–Kier alpha value is -3.17. The number of amides is 3. The molecule has 2 atom stereocenters. The number of Topliss-reactive ketones (excluding diaryl/α,β-unsaturated/α-hetero) is 1. The first-order chi connectivity index (χ1) is 14.0. The number of ether oxygens (including phenoxy) is 2. The second kappa shape index (κ2) is 8.68. The lowest BCUT2D eigenvalue weighted by atomic mass is 9.99. The summed E-state index contributed by atoms with van der Waals surface area (Å²) in [4.78, 5) is 65.1. The summed E-state index contributed by atoms with van der Waals surface area (Å²) in [6.07, 6.45) is -0.825. The van der Waals surface area contributed by atoms with Crippen LogP contribution in [0, 0.1) is 13.8 Å². The van der Waals surface area contributed by atoms with Crippen molar-refractivity contribution in [3.63, 3.8) is 0 Å². The zero-order chi connectivity index (χ0) is 22.8. The maximum absolute atomic E-state index is 12.7. The van der Waals surface area contributed by atoms with Gasteiger partial charge < -0.3 is 19.8 Å². The minimum absolute atomic E-state index is 0.129. The number of ketones is 1. The third-order valence-corrected chi connectivity index (χ3v) is 5.18. The number of nitrogens with zero attached hydrogens (tertiary/aromatic N) is 1. The molecule has 1 aromatic heterocycles. The van der Waals surface area contributed by atoms with Crippen LogP contribution in [0.2, 0.25) is 0 Å². The van der Waals surface area contributed by atoms with E-state index in [9.17, 15) is 24.0 Å². The highest BCUT2D eigenvalue weighted by molar-refractivity contribution is 6.09. The van der Waals surface area contributed by atoms with E-state index in [2.05, 4.69) is 10.3 Å². The topological polar surface area (TPSA) is 135 Å². The molecule has 0 saturated carbocycles. The molecule has 2 rings (SSSR count). The van der Waals surface area contributed by atoms with Gasteiger partial charge in [-0.15, -0.1) is 0 Å². The fourth-order valence-corrected chi connectivity index (χ4v) is 3.26. The Morgan fingerprint density at radius 2 is 1.80 bits per heavy atom. The molecule has 0 aliphatic carbocycles. The van der Waals surface area contributed by atoms with Gasteiger partial charge in [-0.2, -0.15) is 0 Å². The number of urea groups is 1. The van der Waals surface area contributed by atoms with Gasteiger partial charge in [0.05, 0.1) is 17.9 Å². The lowest BCUT2D eigenvalue weighted by Crippen LogP contribution is -2.43. The van der Waals surface area contributed by atoms with Gasteiger partial charge in [-0.1, -0.05) is 6.92 Å². The normalized spacial score (nSPS) is 19.5. The molecule has 0 spiro atoms. The van der Waals surface area contributed by atoms with Crippen LogP contribution in [-0.2, 0) is 19.1 Å². The molecule has 30 heavy (non-hydrogen) atoms. The van der Waals surface area contributed by atoms with Crippen LogP contribution >= 0.6 is 0 Å². The second-order valence-electron chi connectivity index (χ2n) is 7.35. The first kappa shape index (κ1) is 23.1. The predicted molar refractivity (Wildman–Crippen MR) is 105 cm³/mol. The summed E-state index contributed by atoms with van der Waals surface area (Å²) in [5.41, 5.74) is 0.181. The molecule has 1 aliphatic heterocycles. The fourth-order valence-electron chi connectivity index (χ4n) is 3.26. The molecular weight excluding hydrogens is 394 g/mol. The summed E-state index contributed by atoms with van der Waals surface area (Å²) in [5, 5.41) is 2.54. The number of carbonyl (C=O) groups is 5. The third-order valence-electron chi connectivity index (χ3n) is 5.18. The van der Waals surface area contributed by atoms with Crippen LogP contribution in [-0.4, -0.2) is 64.3 Å². The Morgan fingerprint density at radius 1 is 1.17 bits per heavy atom. The van der Waals surface area contributed by atoms with E-state index in [1.54, 1.807) is 34.6 Å². The van der Waals surface area contributed by atoms with Gasteiger partial charge in [0.15, 0.2) is 6.10 Å². The molecule has 1 aromatic rings. The standard InChI is InChI=1S/C20H27N3O7/c1-7-20(6)18(27)23(19(28)22-20)9-13(24)30-12(5)16(25)15-10(3)14(11(4)21-15)17(26)29-8-2/h12,21H,7-9H2,1-6H3,(H,22,28)/t12-,20-/m1/s1. The molecule has 0 aromatic carbocycles. The van der Waals surface area contributed by atoms with E-state index in [0.717, 1.165) is 4.90 Å². The number of rotatable bonds is 8. The molecule has 2 heterocycles. The SMILES string of the molecule is CCOC(=O)c1c(C)[nH]c(C(=O)[C@@H](C)OC(=O)CN2C(=O)N[C@](C)(CC)C2=O)c1C. The highest BCUT2D eigenvalue weighted by Crippen LogP contribution is 2.22. The molecule has 0 radical (unpaired) electrons. The monoisotopic (exact) mass is 421 g/mol. The summed E-state index contributed by atoms with van der Waals surface area (Å²) in [5.74, 6) is -2.52. The number of esters is 2. The molecule has 2 N–H and O–H groups in total. The van der Waals surface area contributed by atoms with Crippen molar-refractivity contribution in [2.24, 2.45) is 0 Å². The number of carbonyl (C=O) groups excluding carboxylic acids is 5. The minimum atomic E-state index is -1.19. The van der Waals surface area contributed by atoms with Gasteiger partial charge in [0.1, 0.15) is 12.1 Å². The number of aromatic nitrogens is 1. The van der Waals surface area contributed by atoms with E-state index in [1.807, 2.05) is 0 Å². The average Bonchev–Trinajstić information content (AvgIpc) is 3.09. The van der Waals surface area contributed by atoms with Crippen LogP contribution in [0.1, 0.15) is 66.2 Å². The number of aromatic amines is 1. The van der Waals surface area contributed by atoms with Gasteiger partial charge in [-0.3, -0.25) is 19.3 Å². The summed E-state index contributed by atoms with van der Waals surface area (Å²) in [6.45, 7) is 9.19. The molecule has 1 fully saturated rings. The van der Waals surface area contributed by atoms with Crippen molar-refractivity contribution in [1.82, 2.24) is 15.2 Å². The molecule has 0 unspecified atom stereocenters. The molecule has 10 heteroatoms. The van der Waals surface area contributed by atoms with Crippen molar-refractivity contribution < 1.29 is 33.4 Å². The van der Waals surface area contributed by atoms with Crippen molar-refractivity contribution >= 4 is 29.7 Å². The summed E-state index contributed by atoms with van der Waals surface area (Å²) in [6, 6.07) is -0.685.